The van der Waals surface area contributed by atoms with Crippen molar-refractivity contribution in [1.29, 1.82) is 0 Å². The molecule has 1 saturated heterocycles. The minimum absolute atomic E-state index is 0.149. The lowest BCUT2D eigenvalue weighted by atomic mass is 9.93. The number of carbonyl (C=O) groups is 2. The zero-order chi connectivity index (χ0) is 17.2. The minimum atomic E-state index is -0.836. The first kappa shape index (κ1) is 16.2. The van der Waals surface area contributed by atoms with Gasteiger partial charge in [0.1, 0.15) is 5.54 Å². The van der Waals surface area contributed by atoms with E-state index in [0.29, 0.717) is 13.0 Å². The van der Waals surface area contributed by atoms with Crippen LogP contribution >= 0.6 is 0 Å². The predicted molar refractivity (Wildman–Crippen MR) is 93.4 cm³/mol. The first-order valence-electron chi connectivity index (χ1n) is 8.21. The summed E-state index contributed by atoms with van der Waals surface area (Å²) in [6, 6.07) is 17.6. The Kier molecular flexibility index (Phi) is 4.38. The molecule has 2 aromatic carbocycles. The van der Waals surface area contributed by atoms with Crippen LogP contribution in [0.5, 0.6) is 0 Å². The molecule has 0 unspecified atom stereocenters. The Balaban J connectivity index is 1.69. The molecule has 0 aliphatic carbocycles. The topological polar surface area (TPSA) is 49.4 Å². The third-order valence-electron chi connectivity index (χ3n) is 4.56. The van der Waals surface area contributed by atoms with Crippen LogP contribution in [0.4, 0.5) is 4.79 Å². The zero-order valence-corrected chi connectivity index (χ0v) is 14.1. The Bertz CT molecular complexity index is 740. The first-order chi connectivity index (χ1) is 11.5. The summed E-state index contributed by atoms with van der Waals surface area (Å²) in [5.74, 6) is -0.149. The molecule has 1 aliphatic rings. The van der Waals surface area contributed by atoms with Crippen molar-refractivity contribution in [1.82, 2.24) is 10.2 Å². The van der Waals surface area contributed by atoms with Crippen LogP contribution in [0, 0.1) is 6.92 Å². The molecule has 24 heavy (non-hydrogen) atoms. The Morgan fingerprint density at radius 2 is 1.62 bits per heavy atom. The van der Waals surface area contributed by atoms with Gasteiger partial charge >= 0.3 is 6.03 Å². The molecule has 1 N–H and O–H groups in total. The Hall–Kier alpha value is -2.62. The van der Waals surface area contributed by atoms with Crippen LogP contribution in [0.25, 0.3) is 0 Å². The standard InChI is InChI=1S/C20H22N2O2/c1-15-8-10-17(11-9-15)14-22-18(23)20(2,21-19(22)24)13-12-16-6-4-3-5-7-16/h3-11H,12-14H2,1-2H3,(H,21,24)/t20-/m0/s1. The van der Waals surface area contributed by atoms with E-state index in [-0.39, 0.29) is 11.9 Å². The number of nitrogens with zero attached hydrogens (tertiary/aromatic N) is 1. The summed E-state index contributed by atoms with van der Waals surface area (Å²) in [4.78, 5) is 26.4. The lowest BCUT2D eigenvalue weighted by molar-refractivity contribution is -0.131. The van der Waals surface area contributed by atoms with Crippen molar-refractivity contribution in [3.63, 3.8) is 0 Å². The lowest BCUT2D eigenvalue weighted by Gasteiger charge is -2.21. The summed E-state index contributed by atoms with van der Waals surface area (Å²) < 4.78 is 0. The van der Waals surface area contributed by atoms with Crippen molar-refractivity contribution in [2.75, 3.05) is 0 Å². The number of amides is 3. The van der Waals surface area contributed by atoms with E-state index in [0.717, 1.165) is 23.1 Å². The molecule has 1 fully saturated rings. The van der Waals surface area contributed by atoms with E-state index in [1.807, 2.05) is 68.4 Å². The third kappa shape index (κ3) is 3.32. The molecule has 0 radical (unpaired) electrons. The van der Waals surface area contributed by atoms with Gasteiger partial charge in [-0.3, -0.25) is 9.69 Å². The van der Waals surface area contributed by atoms with Crippen LogP contribution in [0.2, 0.25) is 0 Å². The van der Waals surface area contributed by atoms with Crippen molar-refractivity contribution in [2.45, 2.75) is 38.8 Å². The minimum Gasteiger partial charge on any atom is -0.323 e. The first-order valence-corrected chi connectivity index (χ1v) is 8.21. The van der Waals surface area contributed by atoms with E-state index in [2.05, 4.69) is 5.32 Å². The molecule has 3 rings (SSSR count). The molecule has 1 aliphatic heterocycles. The molecule has 0 bridgehead atoms. The second kappa shape index (κ2) is 6.48. The van der Waals surface area contributed by atoms with E-state index in [1.54, 1.807) is 0 Å². The average molecular weight is 322 g/mol. The maximum Gasteiger partial charge on any atom is 0.325 e. The molecule has 1 atom stereocenters. The van der Waals surface area contributed by atoms with Crippen LogP contribution in [0.15, 0.2) is 54.6 Å². The highest BCUT2D eigenvalue weighted by molar-refractivity contribution is 6.06. The molecule has 0 saturated carbocycles. The fourth-order valence-electron chi connectivity index (χ4n) is 2.98. The molecule has 2 aromatic rings. The van der Waals surface area contributed by atoms with Gasteiger partial charge in [-0.1, -0.05) is 60.2 Å². The highest BCUT2D eigenvalue weighted by Crippen LogP contribution is 2.24. The van der Waals surface area contributed by atoms with Gasteiger partial charge in [-0.05, 0) is 37.8 Å². The molecule has 0 spiro atoms. The number of urea groups is 1. The highest BCUT2D eigenvalue weighted by atomic mass is 16.2. The van der Waals surface area contributed by atoms with Crippen molar-refractivity contribution >= 4 is 11.9 Å². The SMILES string of the molecule is Cc1ccc(CN2C(=O)N[C@@](C)(CCc3ccccc3)C2=O)cc1. The van der Waals surface area contributed by atoms with Gasteiger partial charge in [0.15, 0.2) is 0 Å². The fourth-order valence-corrected chi connectivity index (χ4v) is 2.98. The van der Waals surface area contributed by atoms with Gasteiger partial charge in [0.2, 0.25) is 0 Å². The third-order valence-corrected chi connectivity index (χ3v) is 4.56. The van der Waals surface area contributed by atoms with Crippen LogP contribution in [0.3, 0.4) is 0 Å². The number of nitrogens with one attached hydrogen (secondary N) is 1. The van der Waals surface area contributed by atoms with Gasteiger partial charge in [0.25, 0.3) is 5.91 Å². The molecule has 124 valence electrons. The van der Waals surface area contributed by atoms with Crippen LogP contribution < -0.4 is 5.32 Å². The van der Waals surface area contributed by atoms with Gasteiger partial charge < -0.3 is 5.32 Å². The predicted octanol–water partition coefficient (Wildman–Crippen LogP) is 3.44. The fraction of sp³-hybridized carbons (Fsp3) is 0.300. The number of imide groups is 1. The number of rotatable bonds is 5. The molecule has 4 nitrogen and oxygen atoms in total. The zero-order valence-electron chi connectivity index (χ0n) is 14.1. The van der Waals surface area contributed by atoms with Crippen molar-refractivity contribution in [2.24, 2.45) is 0 Å². The smallest absolute Gasteiger partial charge is 0.323 e. The maximum absolute atomic E-state index is 12.8. The van der Waals surface area contributed by atoms with Gasteiger partial charge in [0.05, 0.1) is 6.54 Å². The van der Waals surface area contributed by atoms with E-state index in [1.165, 1.54) is 4.90 Å². The second-order valence-electron chi connectivity index (χ2n) is 6.62. The van der Waals surface area contributed by atoms with Crippen molar-refractivity contribution in [3.05, 3.63) is 71.3 Å². The molecule has 0 aromatic heterocycles. The Morgan fingerprint density at radius 3 is 2.29 bits per heavy atom. The maximum atomic E-state index is 12.8. The van der Waals surface area contributed by atoms with Gasteiger partial charge in [-0.25, -0.2) is 4.79 Å². The largest absolute Gasteiger partial charge is 0.325 e. The van der Waals surface area contributed by atoms with Gasteiger partial charge in [0, 0.05) is 0 Å². The molecular weight excluding hydrogens is 300 g/mol. The van der Waals surface area contributed by atoms with Crippen molar-refractivity contribution < 1.29 is 9.59 Å². The lowest BCUT2D eigenvalue weighted by Crippen LogP contribution is -2.44. The summed E-state index contributed by atoms with van der Waals surface area (Å²) in [6.07, 6.45) is 1.34. The summed E-state index contributed by atoms with van der Waals surface area (Å²) >= 11 is 0. The average Bonchev–Trinajstić information content (AvgIpc) is 2.80. The molecular formula is C20H22N2O2. The number of hydrogen-bond donors (Lipinski definition) is 1. The van der Waals surface area contributed by atoms with E-state index >= 15 is 0 Å². The monoisotopic (exact) mass is 322 g/mol. The van der Waals surface area contributed by atoms with Gasteiger partial charge in [-0.2, -0.15) is 0 Å². The molecule has 4 heteroatoms. The Labute approximate surface area is 142 Å². The van der Waals surface area contributed by atoms with E-state index in [4.69, 9.17) is 0 Å². The van der Waals surface area contributed by atoms with Crippen molar-refractivity contribution in [3.8, 4) is 0 Å². The summed E-state index contributed by atoms with van der Waals surface area (Å²) in [6.45, 7) is 4.13. The molecule has 3 amide bonds. The second-order valence-corrected chi connectivity index (χ2v) is 6.62. The quantitative estimate of drug-likeness (QED) is 0.857. The Morgan fingerprint density at radius 1 is 0.958 bits per heavy atom. The number of aryl methyl sites for hydroxylation is 2. The number of benzene rings is 2. The molecule has 1 heterocycles. The summed E-state index contributed by atoms with van der Waals surface area (Å²) in [7, 11) is 0. The number of hydrogen-bond acceptors (Lipinski definition) is 2. The van der Waals surface area contributed by atoms with Crippen LogP contribution in [-0.2, 0) is 17.8 Å². The summed E-state index contributed by atoms with van der Waals surface area (Å²) in [5, 5.41) is 2.87. The highest BCUT2D eigenvalue weighted by Gasteiger charge is 2.47. The number of carbonyl (C=O) groups excluding carboxylic acids is 2. The summed E-state index contributed by atoms with van der Waals surface area (Å²) in [5.41, 5.74) is 2.44. The normalized spacial score (nSPS) is 20.3. The van der Waals surface area contributed by atoms with E-state index in [9.17, 15) is 9.59 Å². The van der Waals surface area contributed by atoms with Gasteiger partial charge in [-0.15, -0.1) is 0 Å². The van der Waals surface area contributed by atoms with E-state index < -0.39 is 5.54 Å². The van der Waals surface area contributed by atoms with Crippen LogP contribution in [-0.4, -0.2) is 22.4 Å². The van der Waals surface area contributed by atoms with Crippen LogP contribution in [0.1, 0.15) is 30.0 Å².